The lowest BCUT2D eigenvalue weighted by atomic mass is 10.4. The van der Waals surface area contributed by atoms with Crippen molar-refractivity contribution in [1.29, 1.82) is 0 Å². The number of sulfone groups is 1. The predicted octanol–water partition coefficient (Wildman–Crippen LogP) is 1.88. The Bertz CT molecular complexity index is 490. The summed E-state index contributed by atoms with van der Waals surface area (Å²) in [6, 6.07) is 8.49. The van der Waals surface area contributed by atoms with Crippen LogP contribution in [0.3, 0.4) is 0 Å². The molecule has 0 spiro atoms. The summed E-state index contributed by atoms with van der Waals surface area (Å²) in [5.74, 6) is -0.0493. The standard InChI is InChI=1S/C12H15NO2S2/c14-17(15,11-6-2-1-3-7-11)10-12(16)13-8-4-5-9-13/h1-3,6-7H,4-5,8-10H2. The molecule has 0 bridgehead atoms. The maximum absolute atomic E-state index is 12.1. The van der Waals surface area contributed by atoms with Crippen LogP contribution in [0.15, 0.2) is 35.2 Å². The second-order valence-electron chi connectivity index (χ2n) is 4.16. The van der Waals surface area contributed by atoms with Gasteiger partial charge in [-0.25, -0.2) is 8.42 Å². The Labute approximate surface area is 107 Å². The molecule has 1 aromatic carbocycles. The Morgan fingerprint density at radius 1 is 1.18 bits per heavy atom. The second kappa shape index (κ2) is 5.14. The van der Waals surface area contributed by atoms with Gasteiger partial charge in [-0.15, -0.1) is 0 Å². The fourth-order valence-electron chi connectivity index (χ4n) is 1.93. The Kier molecular flexibility index (Phi) is 3.79. The van der Waals surface area contributed by atoms with Gasteiger partial charge in [-0.2, -0.15) is 0 Å². The molecule has 0 saturated carbocycles. The Morgan fingerprint density at radius 3 is 2.35 bits per heavy atom. The zero-order valence-corrected chi connectivity index (χ0v) is 11.1. The maximum Gasteiger partial charge on any atom is 0.184 e. The van der Waals surface area contributed by atoms with Gasteiger partial charge in [0.05, 0.1) is 9.88 Å². The van der Waals surface area contributed by atoms with E-state index >= 15 is 0 Å². The largest absolute Gasteiger partial charge is 0.365 e. The molecular weight excluding hydrogens is 254 g/mol. The van der Waals surface area contributed by atoms with E-state index < -0.39 is 9.84 Å². The molecule has 2 rings (SSSR count). The fraction of sp³-hybridized carbons (Fsp3) is 0.417. The highest BCUT2D eigenvalue weighted by Crippen LogP contribution is 2.14. The van der Waals surface area contributed by atoms with Gasteiger partial charge in [0.1, 0.15) is 5.75 Å². The molecule has 1 fully saturated rings. The number of thiocarbonyl (C=S) groups is 1. The number of benzene rings is 1. The van der Waals surface area contributed by atoms with E-state index in [9.17, 15) is 8.42 Å². The predicted molar refractivity (Wildman–Crippen MR) is 71.9 cm³/mol. The molecule has 0 N–H and O–H groups in total. The van der Waals surface area contributed by atoms with E-state index in [2.05, 4.69) is 0 Å². The van der Waals surface area contributed by atoms with Gasteiger partial charge >= 0.3 is 0 Å². The SMILES string of the molecule is O=S(=O)(CC(=S)N1CCCC1)c1ccccc1. The van der Waals surface area contributed by atoms with E-state index in [4.69, 9.17) is 12.2 Å². The average molecular weight is 269 g/mol. The van der Waals surface area contributed by atoms with Crippen LogP contribution >= 0.6 is 12.2 Å². The van der Waals surface area contributed by atoms with Gasteiger partial charge in [0, 0.05) is 13.1 Å². The van der Waals surface area contributed by atoms with Gasteiger partial charge in [0.15, 0.2) is 9.84 Å². The van der Waals surface area contributed by atoms with Crippen molar-refractivity contribution < 1.29 is 8.42 Å². The van der Waals surface area contributed by atoms with E-state index in [-0.39, 0.29) is 5.75 Å². The zero-order chi connectivity index (χ0) is 12.3. The zero-order valence-electron chi connectivity index (χ0n) is 9.50. The van der Waals surface area contributed by atoms with Gasteiger partial charge in [-0.05, 0) is 25.0 Å². The third-order valence-corrected chi connectivity index (χ3v) is 5.10. The van der Waals surface area contributed by atoms with Crippen LogP contribution in [0, 0.1) is 0 Å². The first-order valence-corrected chi connectivity index (χ1v) is 7.71. The summed E-state index contributed by atoms with van der Waals surface area (Å²) < 4.78 is 24.2. The van der Waals surface area contributed by atoms with E-state index in [0.29, 0.717) is 9.88 Å². The lowest BCUT2D eigenvalue weighted by Gasteiger charge is -2.18. The van der Waals surface area contributed by atoms with E-state index in [0.717, 1.165) is 25.9 Å². The molecule has 0 aromatic heterocycles. The lowest BCUT2D eigenvalue weighted by Crippen LogP contribution is -2.31. The van der Waals surface area contributed by atoms with Crippen molar-refractivity contribution in [3.63, 3.8) is 0 Å². The van der Waals surface area contributed by atoms with Crippen LogP contribution in [0.4, 0.5) is 0 Å². The van der Waals surface area contributed by atoms with Crippen LogP contribution in [-0.4, -0.2) is 37.1 Å². The Hall–Kier alpha value is -0.940. The monoisotopic (exact) mass is 269 g/mol. The second-order valence-corrected chi connectivity index (χ2v) is 6.62. The van der Waals surface area contributed by atoms with E-state index in [1.54, 1.807) is 30.3 Å². The van der Waals surface area contributed by atoms with Crippen molar-refractivity contribution in [1.82, 2.24) is 4.90 Å². The van der Waals surface area contributed by atoms with Crippen LogP contribution in [-0.2, 0) is 9.84 Å². The van der Waals surface area contributed by atoms with Crippen LogP contribution in [0.25, 0.3) is 0 Å². The first-order valence-electron chi connectivity index (χ1n) is 5.65. The smallest absolute Gasteiger partial charge is 0.184 e. The van der Waals surface area contributed by atoms with Crippen molar-refractivity contribution in [2.45, 2.75) is 17.7 Å². The summed E-state index contributed by atoms with van der Waals surface area (Å²) in [6.07, 6.45) is 2.21. The third-order valence-electron chi connectivity index (χ3n) is 2.87. The van der Waals surface area contributed by atoms with Crippen molar-refractivity contribution in [2.24, 2.45) is 0 Å². The molecule has 3 nitrogen and oxygen atoms in total. The minimum atomic E-state index is -3.28. The van der Waals surface area contributed by atoms with Crippen LogP contribution in [0.5, 0.6) is 0 Å². The molecule has 0 radical (unpaired) electrons. The molecule has 5 heteroatoms. The van der Waals surface area contributed by atoms with Crippen molar-refractivity contribution >= 4 is 27.0 Å². The fourth-order valence-corrected chi connectivity index (χ4v) is 3.83. The summed E-state index contributed by atoms with van der Waals surface area (Å²) in [6.45, 7) is 1.78. The molecule has 1 aliphatic rings. The molecule has 1 aliphatic heterocycles. The summed E-state index contributed by atoms with van der Waals surface area (Å²) in [4.78, 5) is 2.89. The van der Waals surface area contributed by atoms with Crippen molar-refractivity contribution in [3.05, 3.63) is 30.3 Å². The van der Waals surface area contributed by atoms with Crippen molar-refractivity contribution in [3.8, 4) is 0 Å². The molecule has 0 aliphatic carbocycles. The van der Waals surface area contributed by atoms with Gasteiger partial charge in [0.2, 0.25) is 0 Å². The molecule has 1 heterocycles. The van der Waals surface area contributed by atoms with Gasteiger partial charge < -0.3 is 4.90 Å². The Balaban J connectivity index is 2.10. The highest BCUT2D eigenvalue weighted by atomic mass is 32.2. The van der Waals surface area contributed by atoms with Gasteiger partial charge in [-0.1, -0.05) is 30.4 Å². The van der Waals surface area contributed by atoms with Crippen molar-refractivity contribution in [2.75, 3.05) is 18.8 Å². The molecule has 1 saturated heterocycles. The molecule has 1 aromatic rings. The molecule has 92 valence electrons. The number of nitrogens with zero attached hydrogens (tertiary/aromatic N) is 1. The van der Waals surface area contributed by atoms with E-state index in [1.807, 2.05) is 4.90 Å². The average Bonchev–Trinajstić information content (AvgIpc) is 2.83. The molecule has 0 unspecified atom stereocenters. The number of rotatable bonds is 3. The minimum Gasteiger partial charge on any atom is -0.365 e. The van der Waals surface area contributed by atoms with Crippen LogP contribution in [0.2, 0.25) is 0 Å². The highest BCUT2D eigenvalue weighted by molar-refractivity contribution is 7.94. The normalized spacial score (nSPS) is 16.1. The molecule has 0 amide bonds. The summed E-state index contributed by atoms with van der Waals surface area (Å²) in [5.41, 5.74) is 0. The maximum atomic E-state index is 12.1. The van der Waals surface area contributed by atoms with Crippen LogP contribution in [0.1, 0.15) is 12.8 Å². The molecular formula is C12H15NO2S2. The minimum absolute atomic E-state index is 0.0493. The first kappa shape index (κ1) is 12.5. The lowest BCUT2D eigenvalue weighted by molar-refractivity contribution is 0.524. The Morgan fingerprint density at radius 2 is 1.76 bits per heavy atom. The van der Waals surface area contributed by atoms with Gasteiger partial charge in [-0.3, -0.25) is 0 Å². The first-order chi connectivity index (χ1) is 8.09. The number of hydrogen-bond acceptors (Lipinski definition) is 3. The summed E-state index contributed by atoms with van der Waals surface area (Å²) in [7, 11) is -3.28. The highest BCUT2D eigenvalue weighted by Gasteiger charge is 2.22. The van der Waals surface area contributed by atoms with Gasteiger partial charge in [0.25, 0.3) is 0 Å². The number of likely N-dealkylation sites (tertiary alicyclic amines) is 1. The number of hydrogen-bond donors (Lipinski definition) is 0. The third kappa shape index (κ3) is 3.04. The van der Waals surface area contributed by atoms with E-state index in [1.165, 1.54) is 0 Å². The molecule has 0 atom stereocenters. The summed E-state index contributed by atoms with van der Waals surface area (Å²) in [5, 5.41) is 0. The molecule has 17 heavy (non-hydrogen) atoms. The van der Waals surface area contributed by atoms with Crippen LogP contribution < -0.4 is 0 Å². The topological polar surface area (TPSA) is 37.4 Å². The summed E-state index contributed by atoms with van der Waals surface area (Å²) >= 11 is 5.21. The quantitative estimate of drug-likeness (QED) is 0.785.